The summed E-state index contributed by atoms with van der Waals surface area (Å²) in [6.45, 7) is 9.25. The van der Waals surface area contributed by atoms with E-state index in [9.17, 15) is 9.59 Å². The van der Waals surface area contributed by atoms with Crippen LogP contribution in [-0.2, 0) is 4.79 Å². The van der Waals surface area contributed by atoms with Crippen LogP contribution in [0.3, 0.4) is 0 Å². The minimum absolute atomic E-state index is 0.0298. The molecule has 2 heterocycles. The van der Waals surface area contributed by atoms with E-state index in [1.54, 1.807) is 17.0 Å². The van der Waals surface area contributed by atoms with E-state index in [0.717, 1.165) is 38.5 Å². The van der Waals surface area contributed by atoms with Crippen molar-refractivity contribution in [2.75, 3.05) is 65.5 Å². The van der Waals surface area contributed by atoms with E-state index in [-0.39, 0.29) is 18.4 Å². The number of nitrogens with one attached hydrogen (secondary N) is 1. The molecule has 3 rings (SSSR count). The van der Waals surface area contributed by atoms with E-state index in [4.69, 9.17) is 4.74 Å². The van der Waals surface area contributed by atoms with Crippen LogP contribution in [0.4, 0.5) is 0 Å². The Morgan fingerprint density at radius 2 is 1.75 bits per heavy atom. The highest BCUT2D eigenvalue weighted by atomic mass is 16.5. The highest BCUT2D eigenvalue weighted by molar-refractivity contribution is 5.96. The Balaban J connectivity index is 1.66. The van der Waals surface area contributed by atoms with E-state index >= 15 is 0 Å². The first-order valence-electron chi connectivity index (χ1n) is 10.4. The van der Waals surface area contributed by atoms with Gasteiger partial charge in [-0.15, -0.1) is 0 Å². The lowest BCUT2D eigenvalue weighted by atomic mass is 10.2. The number of rotatable bonds is 8. The van der Waals surface area contributed by atoms with Crippen LogP contribution in [0.5, 0.6) is 5.75 Å². The molecular formula is C21H32N4O3. The first kappa shape index (κ1) is 20.6. The molecule has 0 saturated carbocycles. The Labute approximate surface area is 167 Å². The number of amides is 2. The van der Waals surface area contributed by atoms with Crippen LogP contribution >= 0.6 is 0 Å². The van der Waals surface area contributed by atoms with Crippen LogP contribution in [0.1, 0.15) is 30.1 Å². The maximum Gasteiger partial charge on any atom is 0.254 e. The summed E-state index contributed by atoms with van der Waals surface area (Å²) in [5.41, 5.74) is 0.595. The predicted molar refractivity (Wildman–Crippen MR) is 109 cm³/mol. The zero-order valence-electron chi connectivity index (χ0n) is 16.9. The first-order valence-corrected chi connectivity index (χ1v) is 10.4. The quantitative estimate of drug-likeness (QED) is 0.721. The molecule has 2 saturated heterocycles. The molecule has 1 aromatic carbocycles. The molecule has 2 fully saturated rings. The number of nitrogens with zero attached hydrogens (tertiary/aromatic N) is 3. The van der Waals surface area contributed by atoms with Crippen molar-refractivity contribution < 1.29 is 14.3 Å². The lowest BCUT2D eigenvalue weighted by Gasteiger charge is -2.31. The minimum Gasteiger partial charge on any atom is -0.494 e. The summed E-state index contributed by atoms with van der Waals surface area (Å²) >= 11 is 0. The Kier molecular flexibility index (Phi) is 7.68. The molecule has 0 radical (unpaired) electrons. The van der Waals surface area contributed by atoms with Crippen LogP contribution in [0.15, 0.2) is 24.3 Å². The highest BCUT2D eigenvalue weighted by Gasteiger charge is 2.24. The highest BCUT2D eigenvalue weighted by Crippen LogP contribution is 2.15. The SMILES string of the molecule is CCOc1ccc(C(=O)N(CCN2CCCC2)CC(=O)N2CCNCC2)cc1. The first-order chi connectivity index (χ1) is 13.7. The van der Waals surface area contributed by atoms with Crippen molar-refractivity contribution in [1.29, 1.82) is 0 Å². The lowest BCUT2D eigenvalue weighted by Crippen LogP contribution is -2.51. The third-order valence-corrected chi connectivity index (χ3v) is 5.38. The molecule has 0 aromatic heterocycles. The van der Waals surface area contributed by atoms with Gasteiger partial charge in [0, 0.05) is 44.8 Å². The van der Waals surface area contributed by atoms with Crippen molar-refractivity contribution in [3.63, 3.8) is 0 Å². The van der Waals surface area contributed by atoms with Gasteiger partial charge in [-0.1, -0.05) is 0 Å². The van der Waals surface area contributed by atoms with Crippen molar-refractivity contribution in [2.45, 2.75) is 19.8 Å². The van der Waals surface area contributed by atoms with Crippen molar-refractivity contribution in [1.82, 2.24) is 20.0 Å². The van der Waals surface area contributed by atoms with Crippen LogP contribution in [0, 0.1) is 0 Å². The molecule has 0 aliphatic carbocycles. The van der Waals surface area contributed by atoms with E-state index in [1.165, 1.54) is 12.8 Å². The number of hydrogen-bond donors (Lipinski definition) is 1. The van der Waals surface area contributed by atoms with Gasteiger partial charge in [-0.3, -0.25) is 9.59 Å². The molecule has 2 aliphatic heterocycles. The summed E-state index contributed by atoms with van der Waals surface area (Å²) in [6.07, 6.45) is 2.43. The van der Waals surface area contributed by atoms with E-state index in [1.807, 2.05) is 24.0 Å². The third kappa shape index (κ3) is 5.69. The third-order valence-electron chi connectivity index (χ3n) is 5.38. The molecule has 28 heavy (non-hydrogen) atoms. The fraction of sp³-hybridized carbons (Fsp3) is 0.619. The van der Waals surface area contributed by atoms with Crippen LogP contribution in [-0.4, -0.2) is 92.0 Å². The standard InChI is InChI=1S/C21H32N4O3/c1-2-28-19-7-5-18(6-8-19)21(27)25(16-15-23-11-3-4-12-23)17-20(26)24-13-9-22-10-14-24/h5-8,22H,2-4,9-17H2,1H3. The second kappa shape index (κ2) is 10.4. The average molecular weight is 389 g/mol. The number of ether oxygens (including phenoxy) is 1. The number of carbonyl (C=O) groups excluding carboxylic acids is 2. The van der Waals surface area contributed by atoms with Gasteiger partial charge in [0.1, 0.15) is 12.3 Å². The maximum absolute atomic E-state index is 13.1. The van der Waals surface area contributed by atoms with E-state index in [2.05, 4.69) is 10.2 Å². The summed E-state index contributed by atoms with van der Waals surface area (Å²) in [7, 11) is 0. The fourth-order valence-electron chi connectivity index (χ4n) is 3.74. The van der Waals surface area contributed by atoms with Crippen molar-refractivity contribution >= 4 is 11.8 Å². The van der Waals surface area contributed by atoms with Gasteiger partial charge in [-0.05, 0) is 57.1 Å². The summed E-state index contributed by atoms with van der Waals surface area (Å²) in [5.74, 6) is 0.687. The maximum atomic E-state index is 13.1. The monoisotopic (exact) mass is 388 g/mol. The van der Waals surface area contributed by atoms with Crippen molar-refractivity contribution in [2.24, 2.45) is 0 Å². The Bertz CT molecular complexity index is 638. The van der Waals surface area contributed by atoms with Crippen molar-refractivity contribution in [3.8, 4) is 5.75 Å². The summed E-state index contributed by atoms with van der Waals surface area (Å²) in [5, 5.41) is 3.26. The average Bonchev–Trinajstić information content (AvgIpc) is 3.25. The van der Waals surface area contributed by atoms with Gasteiger partial charge >= 0.3 is 0 Å². The van der Waals surface area contributed by atoms with Crippen LogP contribution in [0.2, 0.25) is 0 Å². The molecule has 0 unspecified atom stereocenters. The molecule has 0 atom stereocenters. The zero-order valence-corrected chi connectivity index (χ0v) is 16.9. The molecule has 1 aromatic rings. The molecule has 7 heteroatoms. The Morgan fingerprint density at radius 3 is 2.39 bits per heavy atom. The second-order valence-corrected chi connectivity index (χ2v) is 7.36. The number of likely N-dealkylation sites (tertiary alicyclic amines) is 1. The zero-order chi connectivity index (χ0) is 19.8. The second-order valence-electron chi connectivity index (χ2n) is 7.36. The molecule has 1 N–H and O–H groups in total. The number of benzene rings is 1. The van der Waals surface area contributed by atoms with Gasteiger partial charge < -0.3 is 24.8 Å². The van der Waals surface area contributed by atoms with Crippen LogP contribution < -0.4 is 10.1 Å². The van der Waals surface area contributed by atoms with E-state index < -0.39 is 0 Å². The Hall–Kier alpha value is -2.12. The topological polar surface area (TPSA) is 65.1 Å². The Morgan fingerprint density at radius 1 is 1.07 bits per heavy atom. The molecule has 2 aliphatic rings. The summed E-state index contributed by atoms with van der Waals surface area (Å²) in [6, 6.07) is 7.19. The summed E-state index contributed by atoms with van der Waals surface area (Å²) < 4.78 is 5.46. The van der Waals surface area contributed by atoms with Crippen molar-refractivity contribution in [3.05, 3.63) is 29.8 Å². The fourth-order valence-corrected chi connectivity index (χ4v) is 3.74. The molecule has 0 bridgehead atoms. The molecule has 2 amide bonds. The van der Waals surface area contributed by atoms with Gasteiger partial charge in [-0.2, -0.15) is 0 Å². The number of carbonyl (C=O) groups is 2. The van der Waals surface area contributed by atoms with Gasteiger partial charge in [-0.25, -0.2) is 0 Å². The summed E-state index contributed by atoms with van der Waals surface area (Å²) in [4.78, 5) is 31.8. The smallest absolute Gasteiger partial charge is 0.254 e. The molecule has 7 nitrogen and oxygen atoms in total. The van der Waals surface area contributed by atoms with Gasteiger partial charge in [0.15, 0.2) is 0 Å². The predicted octanol–water partition coefficient (Wildman–Crippen LogP) is 1.06. The number of hydrogen-bond acceptors (Lipinski definition) is 5. The molecule has 0 spiro atoms. The van der Waals surface area contributed by atoms with Gasteiger partial charge in [0.05, 0.1) is 6.61 Å². The van der Waals surface area contributed by atoms with E-state index in [0.29, 0.717) is 31.8 Å². The largest absolute Gasteiger partial charge is 0.494 e. The minimum atomic E-state index is -0.0919. The molecule has 154 valence electrons. The van der Waals surface area contributed by atoms with Gasteiger partial charge in [0.2, 0.25) is 5.91 Å². The molecular weight excluding hydrogens is 356 g/mol. The lowest BCUT2D eigenvalue weighted by molar-refractivity contribution is -0.132. The van der Waals surface area contributed by atoms with Crippen LogP contribution in [0.25, 0.3) is 0 Å². The number of piperazine rings is 1. The normalized spacial score (nSPS) is 17.5. The van der Waals surface area contributed by atoms with Gasteiger partial charge in [0.25, 0.3) is 5.91 Å².